The Balaban J connectivity index is 2.23. The molecule has 1 fully saturated rings. The molecule has 2 atom stereocenters. The van der Waals surface area contributed by atoms with Gasteiger partial charge in [-0.05, 0) is 37.4 Å². The third-order valence-corrected chi connectivity index (χ3v) is 3.23. The van der Waals surface area contributed by atoms with Crippen molar-refractivity contribution in [2.24, 2.45) is 5.92 Å². The molecule has 1 aliphatic carbocycles. The predicted molar refractivity (Wildman–Crippen MR) is 65.4 cm³/mol. The molecule has 82 valence electrons. The quantitative estimate of drug-likeness (QED) is 0.706. The van der Waals surface area contributed by atoms with Crippen LogP contribution in [-0.4, -0.2) is 17.7 Å². The van der Waals surface area contributed by atoms with Crippen molar-refractivity contribution in [3.05, 3.63) is 0 Å². The van der Waals surface area contributed by atoms with Crippen molar-refractivity contribution in [2.45, 2.75) is 52.0 Å². The minimum absolute atomic E-state index is 0.598. The molecule has 1 saturated carbocycles. The van der Waals surface area contributed by atoms with Gasteiger partial charge in [0, 0.05) is 12.6 Å². The zero-order valence-electron chi connectivity index (χ0n) is 9.31. The molecule has 0 aromatic carbocycles. The summed E-state index contributed by atoms with van der Waals surface area (Å²) in [5.41, 5.74) is 0. The van der Waals surface area contributed by atoms with Crippen molar-refractivity contribution in [1.29, 1.82) is 0 Å². The van der Waals surface area contributed by atoms with Crippen LogP contribution in [0.4, 0.5) is 0 Å². The Kier molecular flexibility index (Phi) is 5.23. The fraction of sp³-hybridized carbons (Fsp3) is 0.909. The summed E-state index contributed by atoms with van der Waals surface area (Å²) in [5, 5.41) is 7.48. The predicted octanol–water partition coefficient (Wildman–Crippen LogP) is 2.44. The van der Waals surface area contributed by atoms with E-state index in [0.717, 1.165) is 24.0 Å². The van der Waals surface area contributed by atoms with Gasteiger partial charge in [-0.25, -0.2) is 0 Å². The third-order valence-electron chi connectivity index (χ3n) is 2.96. The van der Waals surface area contributed by atoms with Crippen molar-refractivity contribution in [3.8, 4) is 0 Å². The van der Waals surface area contributed by atoms with E-state index in [-0.39, 0.29) is 0 Å². The Morgan fingerprint density at radius 1 is 1.36 bits per heavy atom. The number of hydrogen-bond donors (Lipinski definition) is 2. The summed E-state index contributed by atoms with van der Waals surface area (Å²) < 4.78 is 0. The van der Waals surface area contributed by atoms with Gasteiger partial charge in [-0.3, -0.25) is 0 Å². The van der Waals surface area contributed by atoms with E-state index in [2.05, 4.69) is 24.5 Å². The smallest absolute Gasteiger partial charge is 0.166 e. The molecule has 0 aliphatic heterocycles. The average molecular weight is 214 g/mol. The summed E-state index contributed by atoms with van der Waals surface area (Å²) in [4.78, 5) is 0. The van der Waals surface area contributed by atoms with Crippen LogP contribution in [0.3, 0.4) is 0 Å². The molecular formula is C11H22N2S. The van der Waals surface area contributed by atoms with Gasteiger partial charge in [-0.1, -0.05) is 26.7 Å². The van der Waals surface area contributed by atoms with Crippen LogP contribution < -0.4 is 10.6 Å². The first-order valence-electron chi connectivity index (χ1n) is 5.78. The van der Waals surface area contributed by atoms with Gasteiger partial charge in [0.1, 0.15) is 0 Å². The molecule has 0 amide bonds. The van der Waals surface area contributed by atoms with Gasteiger partial charge < -0.3 is 10.6 Å². The summed E-state index contributed by atoms with van der Waals surface area (Å²) in [6.45, 7) is 5.45. The Labute approximate surface area is 92.8 Å². The fourth-order valence-electron chi connectivity index (χ4n) is 1.99. The maximum absolute atomic E-state index is 5.23. The van der Waals surface area contributed by atoms with Gasteiger partial charge >= 0.3 is 0 Å². The zero-order valence-corrected chi connectivity index (χ0v) is 10.1. The van der Waals surface area contributed by atoms with Crippen LogP contribution in [-0.2, 0) is 0 Å². The second kappa shape index (κ2) is 6.23. The van der Waals surface area contributed by atoms with E-state index in [0.29, 0.717) is 6.04 Å². The number of rotatable bonds is 3. The number of nitrogens with one attached hydrogen (secondary N) is 2. The van der Waals surface area contributed by atoms with Crippen molar-refractivity contribution in [3.63, 3.8) is 0 Å². The molecule has 0 aromatic heterocycles. The molecule has 0 heterocycles. The molecule has 0 radical (unpaired) electrons. The molecule has 1 aliphatic rings. The van der Waals surface area contributed by atoms with Crippen LogP contribution in [0, 0.1) is 5.92 Å². The van der Waals surface area contributed by atoms with Gasteiger partial charge in [0.2, 0.25) is 0 Å². The highest BCUT2D eigenvalue weighted by molar-refractivity contribution is 7.80. The van der Waals surface area contributed by atoms with E-state index in [1.807, 2.05) is 0 Å². The molecule has 3 heteroatoms. The molecule has 1 rings (SSSR count). The number of hydrogen-bond acceptors (Lipinski definition) is 1. The second-order valence-corrected chi connectivity index (χ2v) is 4.68. The zero-order chi connectivity index (χ0) is 10.4. The minimum atomic E-state index is 0.598. The second-order valence-electron chi connectivity index (χ2n) is 4.27. The van der Waals surface area contributed by atoms with E-state index < -0.39 is 0 Å². The van der Waals surface area contributed by atoms with E-state index >= 15 is 0 Å². The Morgan fingerprint density at radius 3 is 2.71 bits per heavy atom. The van der Waals surface area contributed by atoms with Crippen LogP contribution in [0.25, 0.3) is 0 Å². The first-order valence-corrected chi connectivity index (χ1v) is 6.19. The monoisotopic (exact) mass is 214 g/mol. The highest BCUT2D eigenvalue weighted by Crippen LogP contribution is 2.23. The molecule has 0 spiro atoms. The lowest BCUT2D eigenvalue weighted by molar-refractivity contribution is 0.308. The maximum atomic E-state index is 5.23. The SMILES string of the molecule is CCCNC(=S)NC1CCCCC1C. The molecule has 0 bridgehead atoms. The fourth-order valence-corrected chi connectivity index (χ4v) is 2.24. The Morgan fingerprint density at radius 2 is 2.07 bits per heavy atom. The molecule has 0 saturated heterocycles. The first kappa shape index (κ1) is 11.8. The third kappa shape index (κ3) is 3.82. The van der Waals surface area contributed by atoms with Crippen molar-refractivity contribution >= 4 is 17.3 Å². The molecule has 2 nitrogen and oxygen atoms in total. The molecule has 14 heavy (non-hydrogen) atoms. The largest absolute Gasteiger partial charge is 0.363 e. The highest BCUT2D eigenvalue weighted by Gasteiger charge is 2.21. The standard InChI is InChI=1S/C11H22N2S/c1-3-8-12-11(14)13-10-7-5-4-6-9(10)2/h9-10H,3-8H2,1-2H3,(H2,12,13,14). The normalized spacial score (nSPS) is 27.0. The molecule has 2 unspecified atom stereocenters. The summed E-state index contributed by atoms with van der Waals surface area (Å²) in [6, 6.07) is 0.598. The van der Waals surface area contributed by atoms with Gasteiger partial charge in [0.15, 0.2) is 5.11 Å². The van der Waals surface area contributed by atoms with Gasteiger partial charge in [-0.2, -0.15) is 0 Å². The summed E-state index contributed by atoms with van der Waals surface area (Å²) >= 11 is 5.23. The lowest BCUT2D eigenvalue weighted by Gasteiger charge is -2.30. The van der Waals surface area contributed by atoms with Crippen LogP contribution in [0.5, 0.6) is 0 Å². The summed E-state index contributed by atoms with van der Waals surface area (Å²) in [5.74, 6) is 0.769. The van der Waals surface area contributed by atoms with Crippen molar-refractivity contribution in [2.75, 3.05) is 6.54 Å². The molecular weight excluding hydrogens is 192 g/mol. The maximum Gasteiger partial charge on any atom is 0.166 e. The summed E-state index contributed by atoms with van der Waals surface area (Å²) in [6.07, 6.45) is 6.47. The molecule has 0 aromatic rings. The van der Waals surface area contributed by atoms with Gasteiger partial charge in [0.25, 0.3) is 0 Å². The molecule has 2 N–H and O–H groups in total. The Bertz CT molecular complexity index is 182. The van der Waals surface area contributed by atoms with Crippen molar-refractivity contribution < 1.29 is 0 Å². The highest BCUT2D eigenvalue weighted by atomic mass is 32.1. The van der Waals surface area contributed by atoms with Crippen LogP contribution in [0.1, 0.15) is 46.0 Å². The van der Waals surface area contributed by atoms with E-state index in [9.17, 15) is 0 Å². The first-order chi connectivity index (χ1) is 6.74. The van der Waals surface area contributed by atoms with Crippen molar-refractivity contribution in [1.82, 2.24) is 10.6 Å². The van der Waals surface area contributed by atoms with E-state index in [4.69, 9.17) is 12.2 Å². The number of thiocarbonyl (C=S) groups is 1. The van der Waals surface area contributed by atoms with E-state index in [1.54, 1.807) is 0 Å². The van der Waals surface area contributed by atoms with Gasteiger partial charge in [-0.15, -0.1) is 0 Å². The lowest BCUT2D eigenvalue weighted by atomic mass is 9.86. The summed E-state index contributed by atoms with van der Waals surface area (Å²) in [7, 11) is 0. The topological polar surface area (TPSA) is 24.1 Å². The Hall–Kier alpha value is -0.310. The van der Waals surface area contributed by atoms with Crippen LogP contribution >= 0.6 is 12.2 Å². The van der Waals surface area contributed by atoms with Gasteiger partial charge in [0.05, 0.1) is 0 Å². The minimum Gasteiger partial charge on any atom is -0.363 e. The van der Waals surface area contributed by atoms with Crippen LogP contribution in [0.2, 0.25) is 0 Å². The lowest BCUT2D eigenvalue weighted by Crippen LogP contribution is -2.46. The van der Waals surface area contributed by atoms with E-state index in [1.165, 1.54) is 25.7 Å². The average Bonchev–Trinajstić information content (AvgIpc) is 2.18. The van der Waals surface area contributed by atoms with Crippen LogP contribution in [0.15, 0.2) is 0 Å².